The Hall–Kier alpha value is -1.06. The summed E-state index contributed by atoms with van der Waals surface area (Å²) in [5.74, 6) is -0.168. The Morgan fingerprint density at radius 2 is 1.94 bits per heavy atom. The zero-order chi connectivity index (χ0) is 11.4. The van der Waals surface area contributed by atoms with Gasteiger partial charge in [0.1, 0.15) is 0 Å². The molecule has 0 aromatic heterocycles. The molecule has 4 heteroatoms. The van der Waals surface area contributed by atoms with Gasteiger partial charge in [-0.3, -0.25) is 4.79 Å². The molecular formula is C13H18ClNO2. The molecule has 0 spiro atoms. The number of rotatable bonds is 4. The Kier molecular flexibility index (Phi) is 5.45. The molecule has 0 saturated heterocycles. The van der Waals surface area contributed by atoms with Gasteiger partial charge in [0.25, 0.3) is 0 Å². The highest BCUT2D eigenvalue weighted by Crippen LogP contribution is 2.21. The van der Waals surface area contributed by atoms with Crippen LogP contribution in [-0.2, 0) is 22.4 Å². The summed E-state index contributed by atoms with van der Waals surface area (Å²) < 4.78 is 4.88. The average Bonchev–Trinajstić information content (AvgIpc) is 2.69. The first-order valence-corrected chi connectivity index (χ1v) is 5.75. The van der Waals surface area contributed by atoms with Crippen LogP contribution in [0.4, 0.5) is 0 Å². The van der Waals surface area contributed by atoms with Crippen molar-refractivity contribution >= 4 is 18.4 Å². The summed E-state index contributed by atoms with van der Waals surface area (Å²) in [5.41, 5.74) is 2.78. The van der Waals surface area contributed by atoms with E-state index in [-0.39, 0.29) is 18.4 Å². The van der Waals surface area contributed by atoms with Crippen LogP contribution in [0.1, 0.15) is 18.1 Å². The van der Waals surface area contributed by atoms with E-state index in [1.54, 1.807) is 0 Å². The van der Waals surface area contributed by atoms with Crippen molar-refractivity contribution in [1.29, 1.82) is 0 Å². The van der Waals surface area contributed by atoms with Crippen LogP contribution in [0.15, 0.2) is 24.3 Å². The fraction of sp³-hybridized carbons (Fsp3) is 0.462. The number of ether oxygens (including phenoxy) is 1. The van der Waals surface area contributed by atoms with Crippen molar-refractivity contribution in [2.45, 2.75) is 25.8 Å². The van der Waals surface area contributed by atoms with Gasteiger partial charge in [0.15, 0.2) is 0 Å². The Balaban J connectivity index is 0.00000144. The molecule has 2 rings (SSSR count). The van der Waals surface area contributed by atoms with Crippen molar-refractivity contribution < 1.29 is 9.53 Å². The van der Waals surface area contributed by atoms with Crippen LogP contribution in [0.3, 0.4) is 0 Å². The van der Waals surface area contributed by atoms with E-state index in [2.05, 4.69) is 29.6 Å². The molecule has 0 radical (unpaired) electrons. The zero-order valence-corrected chi connectivity index (χ0v) is 10.8. The van der Waals surface area contributed by atoms with Gasteiger partial charge in [-0.25, -0.2) is 0 Å². The molecule has 1 aliphatic rings. The van der Waals surface area contributed by atoms with Gasteiger partial charge in [-0.2, -0.15) is 0 Å². The maximum atomic E-state index is 11.2. The quantitative estimate of drug-likeness (QED) is 0.833. The number of esters is 1. The van der Waals surface area contributed by atoms with Gasteiger partial charge >= 0.3 is 5.97 Å². The minimum absolute atomic E-state index is 0. The van der Waals surface area contributed by atoms with E-state index in [0.717, 1.165) is 12.8 Å². The molecule has 0 fully saturated rings. The number of hydrogen-bond acceptors (Lipinski definition) is 3. The number of nitrogens with one attached hydrogen (secondary N) is 1. The normalized spacial score (nSPS) is 13.9. The average molecular weight is 256 g/mol. The lowest BCUT2D eigenvalue weighted by Gasteiger charge is -2.10. The first-order chi connectivity index (χ1) is 7.79. The molecule has 94 valence electrons. The monoisotopic (exact) mass is 255 g/mol. The van der Waals surface area contributed by atoms with Crippen LogP contribution < -0.4 is 5.32 Å². The predicted molar refractivity (Wildman–Crippen MR) is 69.5 cm³/mol. The standard InChI is InChI=1S/C13H17NO2.ClH/c1-2-16-13(15)9-14-12-7-10-5-3-4-6-11(10)8-12;/h3-6,12,14H,2,7-9H2,1H3;1H. The molecule has 1 aromatic carbocycles. The van der Waals surface area contributed by atoms with Crippen LogP contribution in [0.25, 0.3) is 0 Å². The Bertz CT molecular complexity index is 356. The van der Waals surface area contributed by atoms with Crippen molar-refractivity contribution in [1.82, 2.24) is 5.32 Å². The molecule has 1 N–H and O–H groups in total. The SMILES string of the molecule is CCOC(=O)CNC1Cc2ccccc2C1.Cl. The number of hydrogen-bond donors (Lipinski definition) is 1. The molecule has 0 atom stereocenters. The van der Waals surface area contributed by atoms with Crippen molar-refractivity contribution in [3.63, 3.8) is 0 Å². The lowest BCUT2D eigenvalue weighted by molar-refractivity contribution is -0.142. The van der Waals surface area contributed by atoms with Gasteiger partial charge in [0.05, 0.1) is 13.2 Å². The van der Waals surface area contributed by atoms with E-state index in [4.69, 9.17) is 4.74 Å². The third kappa shape index (κ3) is 3.72. The second kappa shape index (κ2) is 6.62. The Morgan fingerprint density at radius 3 is 2.47 bits per heavy atom. The largest absolute Gasteiger partial charge is 0.465 e. The zero-order valence-electron chi connectivity index (χ0n) is 9.94. The third-order valence-electron chi connectivity index (χ3n) is 2.89. The summed E-state index contributed by atoms with van der Waals surface area (Å²) >= 11 is 0. The summed E-state index contributed by atoms with van der Waals surface area (Å²) in [4.78, 5) is 11.2. The van der Waals surface area contributed by atoms with Crippen molar-refractivity contribution in [3.8, 4) is 0 Å². The predicted octanol–water partition coefficient (Wildman–Crippen LogP) is 1.73. The van der Waals surface area contributed by atoms with Crippen LogP contribution in [0, 0.1) is 0 Å². The molecule has 0 aliphatic heterocycles. The number of carbonyl (C=O) groups is 1. The summed E-state index contributed by atoms with van der Waals surface area (Å²) in [6.07, 6.45) is 2.02. The molecule has 0 saturated carbocycles. The smallest absolute Gasteiger partial charge is 0.319 e. The van der Waals surface area contributed by atoms with Crippen molar-refractivity contribution in [2.75, 3.05) is 13.2 Å². The minimum atomic E-state index is -0.168. The van der Waals surface area contributed by atoms with Crippen LogP contribution in [0.2, 0.25) is 0 Å². The fourth-order valence-electron chi connectivity index (χ4n) is 2.14. The van der Waals surface area contributed by atoms with E-state index in [1.807, 2.05) is 6.92 Å². The summed E-state index contributed by atoms with van der Waals surface area (Å²) in [6.45, 7) is 2.58. The van der Waals surface area contributed by atoms with Crippen LogP contribution in [0.5, 0.6) is 0 Å². The maximum absolute atomic E-state index is 11.2. The lowest BCUT2D eigenvalue weighted by Crippen LogP contribution is -2.34. The third-order valence-corrected chi connectivity index (χ3v) is 2.89. The van der Waals surface area contributed by atoms with Gasteiger partial charge in [-0.1, -0.05) is 24.3 Å². The van der Waals surface area contributed by atoms with Crippen molar-refractivity contribution in [3.05, 3.63) is 35.4 Å². The van der Waals surface area contributed by atoms with E-state index < -0.39 is 0 Å². The minimum Gasteiger partial charge on any atom is -0.465 e. The van der Waals surface area contributed by atoms with Gasteiger partial charge in [0.2, 0.25) is 0 Å². The Labute approximate surface area is 108 Å². The lowest BCUT2D eigenvalue weighted by atomic mass is 10.1. The molecule has 0 heterocycles. The topological polar surface area (TPSA) is 38.3 Å². The van der Waals surface area contributed by atoms with E-state index in [9.17, 15) is 4.79 Å². The first-order valence-electron chi connectivity index (χ1n) is 5.75. The van der Waals surface area contributed by atoms with Gasteiger partial charge in [0, 0.05) is 6.04 Å². The van der Waals surface area contributed by atoms with E-state index in [0.29, 0.717) is 19.2 Å². The van der Waals surface area contributed by atoms with Gasteiger partial charge in [-0.05, 0) is 30.9 Å². The van der Waals surface area contributed by atoms with Gasteiger partial charge < -0.3 is 10.1 Å². The van der Waals surface area contributed by atoms with Crippen LogP contribution in [-0.4, -0.2) is 25.2 Å². The molecule has 17 heavy (non-hydrogen) atoms. The molecule has 3 nitrogen and oxygen atoms in total. The highest BCUT2D eigenvalue weighted by molar-refractivity contribution is 5.85. The van der Waals surface area contributed by atoms with E-state index >= 15 is 0 Å². The number of benzene rings is 1. The molecular weight excluding hydrogens is 238 g/mol. The van der Waals surface area contributed by atoms with Crippen molar-refractivity contribution in [2.24, 2.45) is 0 Å². The molecule has 0 unspecified atom stereocenters. The maximum Gasteiger partial charge on any atom is 0.319 e. The van der Waals surface area contributed by atoms with E-state index in [1.165, 1.54) is 11.1 Å². The Morgan fingerprint density at radius 1 is 1.35 bits per heavy atom. The highest BCUT2D eigenvalue weighted by atomic mass is 35.5. The van der Waals surface area contributed by atoms with Gasteiger partial charge in [-0.15, -0.1) is 12.4 Å². The number of fused-ring (bicyclic) bond motifs is 1. The summed E-state index contributed by atoms with van der Waals surface area (Å²) in [7, 11) is 0. The molecule has 1 aromatic rings. The second-order valence-electron chi connectivity index (χ2n) is 4.06. The molecule has 1 aliphatic carbocycles. The summed E-state index contributed by atoms with van der Waals surface area (Å²) in [5, 5.41) is 3.24. The number of carbonyl (C=O) groups excluding carboxylic acids is 1. The number of halogens is 1. The fourth-order valence-corrected chi connectivity index (χ4v) is 2.14. The van der Waals surface area contributed by atoms with Crippen LogP contribution >= 0.6 is 12.4 Å². The molecule has 0 amide bonds. The molecule has 0 bridgehead atoms. The summed E-state index contributed by atoms with van der Waals surface area (Å²) in [6, 6.07) is 8.81. The first kappa shape index (κ1) is 14.0. The second-order valence-corrected chi connectivity index (χ2v) is 4.06. The highest BCUT2D eigenvalue weighted by Gasteiger charge is 2.20.